The average Bonchev–Trinajstić information content (AvgIpc) is 2.84. The highest BCUT2D eigenvalue weighted by molar-refractivity contribution is 7.99. The van der Waals surface area contributed by atoms with Crippen molar-refractivity contribution in [3.63, 3.8) is 0 Å². The second-order valence-electron chi connectivity index (χ2n) is 6.22. The van der Waals surface area contributed by atoms with Gasteiger partial charge in [0.2, 0.25) is 0 Å². The van der Waals surface area contributed by atoms with Crippen LogP contribution in [0.5, 0.6) is 0 Å². The smallest absolute Gasteiger partial charge is 0.0869 e. The number of thioether (sulfide) groups is 1. The average molecular weight is 279 g/mol. The first-order valence-corrected chi connectivity index (χ1v) is 8.19. The maximum Gasteiger partial charge on any atom is 0.0869 e. The molecule has 0 spiro atoms. The summed E-state index contributed by atoms with van der Waals surface area (Å²) in [4.78, 5) is 0. The first-order chi connectivity index (χ1) is 8.94. The van der Waals surface area contributed by atoms with Crippen molar-refractivity contribution in [2.24, 2.45) is 0 Å². The van der Waals surface area contributed by atoms with E-state index in [4.69, 9.17) is 0 Å². The van der Waals surface area contributed by atoms with Crippen LogP contribution in [-0.4, -0.2) is 34.8 Å². The summed E-state index contributed by atoms with van der Waals surface area (Å²) < 4.78 is 0. The summed E-state index contributed by atoms with van der Waals surface area (Å²) in [5, 5.41) is 13.9. The van der Waals surface area contributed by atoms with Crippen LogP contribution < -0.4 is 5.32 Å². The van der Waals surface area contributed by atoms with Gasteiger partial charge in [0.25, 0.3) is 0 Å². The van der Waals surface area contributed by atoms with Crippen molar-refractivity contribution < 1.29 is 5.11 Å². The van der Waals surface area contributed by atoms with Crippen LogP contribution in [-0.2, 0) is 5.41 Å². The van der Waals surface area contributed by atoms with Crippen LogP contribution in [0.25, 0.3) is 0 Å². The zero-order valence-corrected chi connectivity index (χ0v) is 13.0. The van der Waals surface area contributed by atoms with Gasteiger partial charge in [-0.1, -0.05) is 44.2 Å². The Bertz CT molecular complexity index is 398. The summed E-state index contributed by atoms with van der Waals surface area (Å²) in [6.07, 6.45) is 0.906. The van der Waals surface area contributed by atoms with Gasteiger partial charge < -0.3 is 10.4 Å². The predicted molar refractivity (Wildman–Crippen MR) is 83.8 cm³/mol. The molecule has 3 heteroatoms. The Morgan fingerprint density at radius 1 is 1.37 bits per heavy atom. The lowest BCUT2D eigenvalue weighted by Gasteiger charge is -2.35. The topological polar surface area (TPSA) is 32.3 Å². The highest BCUT2D eigenvalue weighted by Crippen LogP contribution is 2.30. The van der Waals surface area contributed by atoms with E-state index in [1.54, 1.807) is 0 Å². The molecule has 2 N–H and O–H groups in total. The monoisotopic (exact) mass is 279 g/mol. The van der Waals surface area contributed by atoms with Gasteiger partial charge in [-0.3, -0.25) is 0 Å². The quantitative estimate of drug-likeness (QED) is 0.869. The lowest BCUT2D eigenvalue weighted by atomic mass is 9.78. The Kier molecular flexibility index (Phi) is 4.59. The Balaban J connectivity index is 1.97. The van der Waals surface area contributed by atoms with Gasteiger partial charge in [0.15, 0.2) is 0 Å². The molecule has 0 amide bonds. The van der Waals surface area contributed by atoms with Crippen molar-refractivity contribution in [1.29, 1.82) is 0 Å². The standard InChI is InChI=1S/C16H25NOS/c1-13(17-11-16(18)9-10-19-12-16)15(2,3)14-7-5-4-6-8-14/h4-8,13,17-18H,9-12H2,1-3H3. The third-order valence-electron chi connectivity index (χ3n) is 4.42. The first-order valence-electron chi connectivity index (χ1n) is 7.03. The SMILES string of the molecule is CC(NCC1(O)CCSC1)C(C)(C)c1ccccc1. The molecule has 2 atom stereocenters. The molecule has 0 radical (unpaired) electrons. The predicted octanol–water partition coefficient (Wildman–Crippen LogP) is 2.81. The molecule has 1 heterocycles. The molecule has 106 valence electrons. The minimum atomic E-state index is -0.508. The molecular formula is C16H25NOS. The Labute approximate surface area is 121 Å². The molecular weight excluding hydrogens is 254 g/mol. The van der Waals surface area contributed by atoms with Gasteiger partial charge in [0.05, 0.1) is 5.60 Å². The van der Waals surface area contributed by atoms with Gasteiger partial charge >= 0.3 is 0 Å². The van der Waals surface area contributed by atoms with Crippen molar-refractivity contribution in [2.45, 2.75) is 44.2 Å². The summed E-state index contributed by atoms with van der Waals surface area (Å²) in [5.41, 5.74) is 0.887. The Hall–Kier alpha value is -0.510. The van der Waals surface area contributed by atoms with Crippen LogP contribution >= 0.6 is 11.8 Å². The van der Waals surface area contributed by atoms with Gasteiger partial charge in [0.1, 0.15) is 0 Å². The van der Waals surface area contributed by atoms with Crippen molar-refractivity contribution in [3.05, 3.63) is 35.9 Å². The highest BCUT2D eigenvalue weighted by Gasteiger charge is 2.34. The number of hydrogen-bond acceptors (Lipinski definition) is 3. The molecule has 0 bridgehead atoms. The lowest BCUT2D eigenvalue weighted by molar-refractivity contribution is 0.0623. The zero-order valence-electron chi connectivity index (χ0n) is 12.1. The summed E-state index contributed by atoms with van der Waals surface area (Å²) in [7, 11) is 0. The normalized spacial score (nSPS) is 25.5. The van der Waals surface area contributed by atoms with E-state index in [-0.39, 0.29) is 5.41 Å². The second kappa shape index (κ2) is 5.86. The van der Waals surface area contributed by atoms with Crippen molar-refractivity contribution >= 4 is 11.8 Å². The van der Waals surface area contributed by atoms with E-state index in [0.29, 0.717) is 12.6 Å². The molecule has 1 fully saturated rings. The minimum Gasteiger partial charge on any atom is -0.388 e. The number of hydrogen-bond donors (Lipinski definition) is 2. The Morgan fingerprint density at radius 2 is 2.05 bits per heavy atom. The maximum absolute atomic E-state index is 10.4. The molecule has 2 unspecified atom stereocenters. The van der Waals surface area contributed by atoms with Gasteiger partial charge in [-0.15, -0.1) is 0 Å². The van der Waals surface area contributed by atoms with E-state index >= 15 is 0 Å². The summed E-state index contributed by atoms with van der Waals surface area (Å²) in [6, 6.07) is 10.9. The largest absolute Gasteiger partial charge is 0.388 e. The van der Waals surface area contributed by atoms with E-state index in [1.165, 1.54) is 5.56 Å². The van der Waals surface area contributed by atoms with Crippen molar-refractivity contribution in [3.8, 4) is 0 Å². The minimum absolute atomic E-state index is 0.0589. The maximum atomic E-state index is 10.4. The fourth-order valence-electron chi connectivity index (χ4n) is 2.45. The number of nitrogens with one attached hydrogen (secondary N) is 1. The van der Waals surface area contributed by atoms with Gasteiger partial charge in [-0.25, -0.2) is 0 Å². The lowest BCUT2D eigenvalue weighted by Crippen LogP contribution is -2.49. The zero-order chi connectivity index (χ0) is 13.9. The van der Waals surface area contributed by atoms with E-state index in [9.17, 15) is 5.11 Å². The van der Waals surface area contributed by atoms with E-state index in [1.807, 2.05) is 11.8 Å². The molecule has 2 nitrogen and oxygen atoms in total. The highest BCUT2D eigenvalue weighted by atomic mass is 32.2. The van der Waals surface area contributed by atoms with Crippen LogP contribution in [0.2, 0.25) is 0 Å². The molecule has 1 aromatic carbocycles. The second-order valence-corrected chi connectivity index (χ2v) is 7.32. The van der Waals surface area contributed by atoms with E-state index < -0.39 is 5.60 Å². The van der Waals surface area contributed by atoms with Crippen LogP contribution in [0.3, 0.4) is 0 Å². The van der Waals surface area contributed by atoms with Gasteiger partial charge in [-0.2, -0.15) is 11.8 Å². The molecule has 19 heavy (non-hydrogen) atoms. The third-order valence-corrected chi connectivity index (χ3v) is 5.65. The van der Waals surface area contributed by atoms with Crippen LogP contribution in [0.15, 0.2) is 30.3 Å². The molecule has 1 aromatic rings. The number of benzene rings is 1. The molecule has 1 aliphatic heterocycles. The van der Waals surface area contributed by atoms with Crippen LogP contribution in [0.1, 0.15) is 32.8 Å². The van der Waals surface area contributed by atoms with Gasteiger partial charge in [-0.05, 0) is 24.7 Å². The molecule has 2 rings (SSSR count). The fourth-order valence-corrected chi connectivity index (χ4v) is 3.75. The molecule has 0 aliphatic carbocycles. The Morgan fingerprint density at radius 3 is 2.63 bits per heavy atom. The van der Waals surface area contributed by atoms with E-state index in [0.717, 1.165) is 17.9 Å². The summed E-state index contributed by atoms with van der Waals surface area (Å²) in [6.45, 7) is 7.41. The molecule has 1 aliphatic rings. The summed E-state index contributed by atoms with van der Waals surface area (Å²) >= 11 is 1.85. The fraction of sp³-hybridized carbons (Fsp3) is 0.625. The number of rotatable bonds is 5. The van der Waals surface area contributed by atoms with Crippen molar-refractivity contribution in [1.82, 2.24) is 5.32 Å². The number of aliphatic hydroxyl groups is 1. The van der Waals surface area contributed by atoms with Gasteiger partial charge in [0, 0.05) is 23.8 Å². The third kappa shape index (κ3) is 3.53. The van der Waals surface area contributed by atoms with Crippen LogP contribution in [0, 0.1) is 0 Å². The summed E-state index contributed by atoms with van der Waals surface area (Å²) in [5.74, 6) is 1.94. The van der Waals surface area contributed by atoms with E-state index in [2.05, 4.69) is 56.4 Å². The molecule has 1 saturated heterocycles. The van der Waals surface area contributed by atoms with Crippen molar-refractivity contribution in [2.75, 3.05) is 18.1 Å². The van der Waals surface area contributed by atoms with Crippen LogP contribution in [0.4, 0.5) is 0 Å². The molecule has 0 aromatic heterocycles. The molecule has 0 saturated carbocycles. The first kappa shape index (κ1) is 14.9.